The summed E-state index contributed by atoms with van der Waals surface area (Å²) in [7, 11) is 2.32. The number of carboxylic acid groups (broad SMARTS) is 1. The van der Waals surface area contributed by atoms with Gasteiger partial charge in [-0.05, 0) is 43.9 Å². The number of hydrogen-bond acceptors (Lipinski definition) is 10. The Balaban J connectivity index is 1.99. The van der Waals surface area contributed by atoms with Gasteiger partial charge in [0.25, 0.3) is 0 Å². The fraction of sp³-hybridized carbons (Fsp3) is 0.500. The molecule has 5 amide bonds. The summed E-state index contributed by atoms with van der Waals surface area (Å²) in [6.07, 6.45) is 2.29. The highest BCUT2D eigenvalue weighted by Gasteiger charge is 2.32. The third kappa shape index (κ3) is 10.9. The predicted octanol–water partition coefficient (Wildman–Crippen LogP) is -1.15. The van der Waals surface area contributed by atoms with Gasteiger partial charge >= 0.3 is 5.97 Å². The Bertz CT molecular complexity index is 1370. The molecule has 1 aliphatic rings. The van der Waals surface area contributed by atoms with Gasteiger partial charge in [-0.25, -0.2) is 0 Å². The molecule has 5 atom stereocenters. The minimum Gasteiger partial charge on any atom is -0.481 e. The normalized spacial score (nSPS) is 24.2. The number of benzene rings is 1. The van der Waals surface area contributed by atoms with Gasteiger partial charge in [-0.1, -0.05) is 39.8 Å². The van der Waals surface area contributed by atoms with E-state index in [0.29, 0.717) is 24.9 Å². The Labute approximate surface area is 267 Å². The number of carboxylic acids is 1. The zero-order valence-corrected chi connectivity index (χ0v) is 26.2. The number of aliphatic carboxylic acids is 1. The van der Waals surface area contributed by atoms with Crippen LogP contribution in [0.15, 0.2) is 30.5 Å². The Hall–Kier alpha value is -3.80. The topological polar surface area (TPSA) is 265 Å². The Morgan fingerprint density at radius 3 is 2.18 bits per heavy atom. The summed E-state index contributed by atoms with van der Waals surface area (Å²) in [5.41, 5.74) is 18.7. The van der Waals surface area contributed by atoms with Crippen LogP contribution in [0.1, 0.15) is 37.7 Å². The average molecular weight is 665 g/mol. The molecule has 3 unspecified atom stereocenters. The van der Waals surface area contributed by atoms with Crippen LogP contribution in [-0.4, -0.2) is 93.9 Å². The van der Waals surface area contributed by atoms with Crippen molar-refractivity contribution in [2.45, 2.75) is 68.7 Å². The van der Waals surface area contributed by atoms with E-state index in [4.69, 9.17) is 17.2 Å². The molecule has 2 aromatic rings. The lowest BCUT2D eigenvalue weighted by molar-refractivity contribution is -0.138. The number of amides is 5. The van der Waals surface area contributed by atoms with Gasteiger partial charge in [-0.3, -0.25) is 28.8 Å². The highest BCUT2D eigenvalue weighted by atomic mass is 33.1. The Kier molecular flexibility index (Phi) is 14.0. The molecule has 0 aliphatic carbocycles. The summed E-state index contributed by atoms with van der Waals surface area (Å²) in [6.45, 7) is 0.382. The monoisotopic (exact) mass is 664 g/mol. The van der Waals surface area contributed by atoms with Crippen LogP contribution >= 0.6 is 21.6 Å². The third-order valence-corrected chi connectivity index (χ3v) is 9.60. The molecule has 2 heterocycles. The number of fused-ring (bicyclic) bond motifs is 1. The van der Waals surface area contributed by atoms with E-state index < -0.39 is 72.1 Å². The lowest BCUT2D eigenvalue weighted by atomic mass is 10.0. The Morgan fingerprint density at radius 1 is 0.844 bits per heavy atom. The molecule has 0 spiro atoms. The van der Waals surface area contributed by atoms with Gasteiger partial charge in [0.1, 0.15) is 24.2 Å². The molecule has 0 saturated carbocycles. The number of hydrogen-bond donors (Lipinski definition) is 9. The predicted molar refractivity (Wildman–Crippen MR) is 172 cm³/mol. The van der Waals surface area contributed by atoms with E-state index >= 15 is 0 Å². The summed E-state index contributed by atoms with van der Waals surface area (Å²) in [5.74, 6) is -4.70. The number of para-hydroxylation sites is 1. The molecule has 0 radical (unpaired) electrons. The maximum absolute atomic E-state index is 13.8. The maximum atomic E-state index is 13.8. The molecule has 246 valence electrons. The number of carbonyl (C=O) groups is 6. The highest BCUT2D eigenvalue weighted by molar-refractivity contribution is 8.76. The minimum absolute atomic E-state index is 0.00493. The van der Waals surface area contributed by atoms with Crippen molar-refractivity contribution in [1.82, 2.24) is 26.3 Å². The van der Waals surface area contributed by atoms with Gasteiger partial charge < -0.3 is 48.6 Å². The van der Waals surface area contributed by atoms with Crippen LogP contribution in [0.25, 0.3) is 10.9 Å². The lowest BCUT2D eigenvalue weighted by Gasteiger charge is -2.26. The third-order valence-electron chi connectivity index (χ3n) is 7.15. The van der Waals surface area contributed by atoms with E-state index in [-0.39, 0.29) is 30.8 Å². The van der Waals surface area contributed by atoms with E-state index in [1.807, 2.05) is 24.3 Å². The maximum Gasteiger partial charge on any atom is 0.303 e. The summed E-state index contributed by atoms with van der Waals surface area (Å²) < 4.78 is 0. The molecule has 1 fully saturated rings. The van der Waals surface area contributed by atoms with Gasteiger partial charge in [0.15, 0.2) is 0 Å². The van der Waals surface area contributed by atoms with Crippen molar-refractivity contribution in [2.24, 2.45) is 17.2 Å². The first-order chi connectivity index (χ1) is 21.5. The van der Waals surface area contributed by atoms with E-state index in [0.717, 1.165) is 21.7 Å². The van der Waals surface area contributed by atoms with Crippen molar-refractivity contribution < 1.29 is 33.9 Å². The molecule has 1 aromatic heterocycles. The first-order valence-corrected chi connectivity index (χ1v) is 17.0. The summed E-state index contributed by atoms with van der Waals surface area (Å²) in [6, 6.07) is 1.56. The van der Waals surface area contributed by atoms with Crippen LogP contribution in [0.2, 0.25) is 0 Å². The molecule has 45 heavy (non-hydrogen) atoms. The highest BCUT2D eigenvalue weighted by Crippen LogP contribution is 2.23. The van der Waals surface area contributed by atoms with Crippen molar-refractivity contribution in [3.8, 4) is 0 Å². The molecule has 1 aliphatic heterocycles. The zero-order chi connectivity index (χ0) is 32.9. The molecule has 1 saturated heterocycles. The second-order valence-electron chi connectivity index (χ2n) is 10.6. The molecular weight excluding hydrogens is 624 g/mol. The van der Waals surface area contributed by atoms with Gasteiger partial charge in [0.2, 0.25) is 29.5 Å². The number of H-pyrrole nitrogens is 1. The van der Waals surface area contributed by atoms with Gasteiger partial charge in [-0.2, -0.15) is 0 Å². The van der Waals surface area contributed by atoms with Crippen LogP contribution in [0, 0.1) is 0 Å². The van der Waals surface area contributed by atoms with Crippen molar-refractivity contribution in [2.75, 3.05) is 18.1 Å². The van der Waals surface area contributed by atoms with Crippen LogP contribution in [0.5, 0.6) is 0 Å². The van der Waals surface area contributed by atoms with E-state index in [9.17, 15) is 33.9 Å². The number of aromatic amines is 1. The van der Waals surface area contributed by atoms with Crippen molar-refractivity contribution >= 4 is 68.0 Å². The zero-order valence-electron chi connectivity index (χ0n) is 24.6. The minimum atomic E-state index is -1.36. The van der Waals surface area contributed by atoms with E-state index in [2.05, 4.69) is 26.3 Å². The number of primary amides is 1. The molecule has 17 heteroatoms. The van der Waals surface area contributed by atoms with Gasteiger partial charge in [0.05, 0.1) is 6.04 Å². The van der Waals surface area contributed by atoms with E-state index in [1.54, 1.807) is 6.20 Å². The van der Waals surface area contributed by atoms with Crippen LogP contribution in [0.3, 0.4) is 0 Å². The molecule has 12 N–H and O–H groups in total. The SMILES string of the molecule is NCCCCC1NC(=O)[C@@H](N)CSSCC(C(N)=O)NC(=O)[C@H](CCC(=O)O)NC(=O)C(Cc2c[nH]c3ccccc23)NC1=O. The van der Waals surface area contributed by atoms with Crippen molar-refractivity contribution in [3.05, 3.63) is 36.0 Å². The van der Waals surface area contributed by atoms with Crippen LogP contribution < -0.4 is 38.5 Å². The summed E-state index contributed by atoms with van der Waals surface area (Å²) >= 11 is 0. The van der Waals surface area contributed by atoms with Crippen molar-refractivity contribution in [1.29, 1.82) is 0 Å². The molecule has 0 bridgehead atoms. The first-order valence-electron chi connectivity index (χ1n) is 14.5. The smallest absolute Gasteiger partial charge is 0.303 e. The second kappa shape index (κ2) is 17.6. The first kappa shape index (κ1) is 35.7. The molecule has 3 rings (SSSR count). The number of rotatable bonds is 10. The average Bonchev–Trinajstić information content (AvgIpc) is 3.41. The number of aromatic nitrogens is 1. The standard InChI is InChI=1S/C28H40N8O7S2/c29-10-4-3-7-19-26(41)35-21(11-15-12-32-18-6-2-1-5-16(15)18)28(43)34-20(8-9-23(37)38)27(42)36-22(24(31)39)14-45-44-13-17(30)25(40)33-19/h1-2,5-6,12,17,19-22,32H,3-4,7-11,13-14,29-30H2,(H2,31,39)(H,33,40)(H,34,43)(H,35,41)(H,36,42)(H,37,38)/t17-,19?,20-,21?,22?/m0/s1. The number of nitrogens with two attached hydrogens (primary N) is 3. The van der Waals surface area contributed by atoms with Gasteiger partial charge in [-0.15, -0.1) is 0 Å². The molecule has 1 aromatic carbocycles. The summed E-state index contributed by atoms with van der Waals surface area (Å²) in [4.78, 5) is 80.2. The number of nitrogens with one attached hydrogen (secondary N) is 5. The van der Waals surface area contributed by atoms with Crippen molar-refractivity contribution in [3.63, 3.8) is 0 Å². The lowest BCUT2D eigenvalue weighted by Crippen LogP contribution is -2.59. The largest absolute Gasteiger partial charge is 0.481 e. The van der Waals surface area contributed by atoms with Gasteiger partial charge in [0, 0.05) is 41.4 Å². The molecular formula is C28H40N8O7S2. The second-order valence-corrected chi connectivity index (χ2v) is 13.2. The Morgan fingerprint density at radius 2 is 1.47 bits per heavy atom. The summed E-state index contributed by atoms with van der Waals surface area (Å²) in [5, 5.41) is 20.5. The van der Waals surface area contributed by atoms with E-state index in [1.165, 1.54) is 10.8 Å². The number of carbonyl (C=O) groups excluding carboxylic acids is 5. The van der Waals surface area contributed by atoms with Crippen LogP contribution in [-0.2, 0) is 35.2 Å². The van der Waals surface area contributed by atoms with Crippen LogP contribution in [0.4, 0.5) is 0 Å². The number of unbranched alkanes of at least 4 members (excludes halogenated alkanes) is 1. The fourth-order valence-corrected chi connectivity index (χ4v) is 6.93. The molecule has 15 nitrogen and oxygen atoms in total. The fourth-order valence-electron chi connectivity index (χ4n) is 4.63. The quantitative estimate of drug-likeness (QED) is 0.108.